The Morgan fingerprint density at radius 3 is 2.57 bits per heavy atom. The summed E-state index contributed by atoms with van der Waals surface area (Å²) in [6.45, 7) is 2.18. The number of piperidine rings is 1. The molecular weight excluding hydrogens is 306 g/mol. The first kappa shape index (κ1) is 14.5. The Morgan fingerprint density at radius 2 is 1.78 bits per heavy atom. The second-order valence-electron chi connectivity index (χ2n) is 5.95. The first-order chi connectivity index (χ1) is 11.3. The molecule has 1 aliphatic rings. The second kappa shape index (κ2) is 6.17. The standard InChI is InChI=1S/C19H18ClN3/c20-14-7-8-16-15(12-14)19(23-10-4-1-5-11-23)13-18(22-16)17-6-2-3-9-21-17/h2-3,6-9,12-13H,1,4-5,10-11H2. The van der Waals surface area contributed by atoms with Gasteiger partial charge in [0.05, 0.1) is 16.9 Å². The largest absolute Gasteiger partial charge is 0.371 e. The highest BCUT2D eigenvalue weighted by atomic mass is 35.5. The lowest BCUT2D eigenvalue weighted by Gasteiger charge is -2.30. The molecule has 1 saturated heterocycles. The van der Waals surface area contributed by atoms with Crippen LogP contribution in [0.4, 0.5) is 5.69 Å². The zero-order valence-corrected chi connectivity index (χ0v) is 13.6. The van der Waals surface area contributed by atoms with E-state index in [2.05, 4.69) is 16.0 Å². The van der Waals surface area contributed by atoms with Gasteiger partial charge < -0.3 is 4.90 Å². The van der Waals surface area contributed by atoms with Crippen LogP contribution in [-0.2, 0) is 0 Å². The molecule has 1 aliphatic heterocycles. The number of anilines is 1. The van der Waals surface area contributed by atoms with Crippen LogP contribution < -0.4 is 4.90 Å². The maximum atomic E-state index is 6.23. The predicted octanol–water partition coefficient (Wildman–Crippen LogP) is 4.94. The summed E-state index contributed by atoms with van der Waals surface area (Å²) < 4.78 is 0. The van der Waals surface area contributed by atoms with Crippen LogP contribution in [0.25, 0.3) is 22.3 Å². The van der Waals surface area contributed by atoms with Crippen LogP contribution in [-0.4, -0.2) is 23.1 Å². The summed E-state index contributed by atoms with van der Waals surface area (Å²) in [5, 5.41) is 1.88. The highest BCUT2D eigenvalue weighted by molar-refractivity contribution is 6.31. The van der Waals surface area contributed by atoms with Gasteiger partial charge in [0.15, 0.2) is 0 Å². The summed E-state index contributed by atoms with van der Waals surface area (Å²) in [7, 11) is 0. The summed E-state index contributed by atoms with van der Waals surface area (Å²) in [5.74, 6) is 0. The monoisotopic (exact) mass is 323 g/mol. The van der Waals surface area contributed by atoms with Crippen molar-refractivity contribution in [1.82, 2.24) is 9.97 Å². The van der Waals surface area contributed by atoms with Crippen LogP contribution in [0.1, 0.15) is 19.3 Å². The summed E-state index contributed by atoms with van der Waals surface area (Å²) >= 11 is 6.23. The average molecular weight is 324 g/mol. The highest BCUT2D eigenvalue weighted by Gasteiger charge is 2.16. The average Bonchev–Trinajstić information content (AvgIpc) is 2.62. The van der Waals surface area contributed by atoms with E-state index in [0.29, 0.717) is 0 Å². The fourth-order valence-corrected chi connectivity index (χ4v) is 3.39. The molecule has 3 aromatic rings. The van der Waals surface area contributed by atoms with Gasteiger partial charge in [0.2, 0.25) is 0 Å². The summed E-state index contributed by atoms with van der Waals surface area (Å²) in [5.41, 5.74) is 4.01. The van der Waals surface area contributed by atoms with E-state index in [4.69, 9.17) is 16.6 Å². The molecule has 0 amide bonds. The zero-order chi connectivity index (χ0) is 15.6. The number of aromatic nitrogens is 2. The first-order valence-corrected chi connectivity index (χ1v) is 8.46. The summed E-state index contributed by atoms with van der Waals surface area (Å²) in [6.07, 6.45) is 5.60. The SMILES string of the molecule is Clc1ccc2nc(-c3ccccn3)cc(N3CCCCC3)c2c1. The van der Waals surface area contributed by atoms with Gasteiger partial charge >= 0.3 is 0 Å². The van der Waals surface area contributed by atoms with Crippen LogP contribution in [0.5, 0.6) is 0 Å². The van der Waals surface area contributed by atoms with Crippen molar-refractivity contribution >= 4 is 28.2 Å². The van der Waals surface area contributed by atoms with E-state index >= 15 is 0 Å². The third-order valence-electron chi connectivity index (χ3n) is 4.37. The fourth-order valence-electron chi connectivity index (χ4n) is 3.22. The number of nitrogens with zero attached hydrogens (tertiary/aromatic N) is 3. The Hall–Kier alpha value is -2.13. The van der Waals surface area contributed by atoms with Crippen molar-refractivity contribution in [3.63, 3.8) is 0 Å². The quantitative estimate of drug-likeness (QED) is 0.669. The van der Waals surface area contributed by atoms with Gasteiger partial charge in [-0.15, -0.1) is 0 Å². The molecule has 0 atom stereocenters. The van der Waals surface area contributed by atoms with Gasteiger partial charge in [-0.05, 0) is 55.7 Å². The van der Waals surface area contributed by atoms with Crippen molar-refractivity contribution in [3.8, 4) is 11.4 Å². The van der Waals surface area contributed by atoms with E-state index in [1.165, 1.54) is 24.9 Å². The van der Waals surface area contributed by atoms with Crippen LogP contribution in [0.3, 0.4) is 0 Å². The number of benzene rings is 1. The molecule has 0 bridgehead atoms. The highest BCUT2D eigenvalue weighted by Crippen LogP contribution is 2.33. The number of rotatable bonds is 2. The van der Waals surface area contributed by atoms with E-state index in [0.717, 1.165) is 40.4 Å². The van der Waals surface area contributed by atoms with Crippen LogP contribution in [0.2, 0.25) is 5.02 Å². The molecule has 2 aromatic heterocycles. The zero-order valence-electron chi connectivity index (χ0n) is 12.9. The predicted molar refractivity (Wildman–Crippen MR) is 96.0 cm³/mol. The molecule has 116 valence electrons. The molecule has 3 nitrogen and oxygen atoms in total. The Morgan fingerprint density at radius 1 is 0.913 bits per heavy atom. The van der Waals surface area contributed by atoms with Gasteiger partial charge in [-0.3, -0.25) is 4.98 Å². The van der Waals surface area contributed by atoms with E-state index in [-0.39, 0.29) is 0 Å². The molecule has 4 heteroatoms. The van der Waals surface area contributed by atoms with E-state index in [1.807, 2.05) is 42.6 Å². The maximum absolute atomic E-state index is 6.23. The van der Waals surface area contributed by atoms with Gasteiger partial charge in [0, 0.05) is 35.4 Å². The Labute approximate surface area is 140 Å². The van der Waals surface area contributed by atoms with Crippen LogP contribution >= 0.6 is 11.6 Å². The molecule has 3 heterocycles. The van der Waals surface area contributed by atoms with Crippen molar-refractivity contribution in [2.24, 2.45) is 0 Å². The van der Waals surface area contributed by atoms with Crippen molar-refractivity contribution in [2.45, 2.75) is 19.3 Å². The van der Waals surface area contributed by atoms with E-state index in [9.17, 15) is 0 Å². The van der Waals surface area contributed by atoms with Gasteiger partial charge in [-0.1, -0.05) is 17.7 Å². The fraction of sp³-hybridized carbons (Fsp3) is 0.263. The molecule has 23 heavy (non-hydrogen) atoms. The number of pyridine rings is 2. The molecule has 1 fully saturated rings. The van der Waals surface area contributed by atoms with E-state index < -0.39 is 0 Å². The Bertz CT molecular complexity index is 827. The number of hydrogen-bond donors (Lipinski definition) is 0. The lowest BCUT2D eigenvalue weighted by molar-refractivity contribution is 0.579. The third-order valence-corrected chi connectivity index (χ3v) is 4.61. The number of hydrogen-bond acceptors (Lipinski definition) is 3. The summed E-state index contributed by atoms with van der Waals surface area (Å²) in [4.78, 5) is 11.7. The maximum Gasteiger partial charge on any atom is 0.0914 e. The minimum absolute atomic E-state index is 0.753. The van der Waals surface area contributed by atoms with Crippen LogP contribution in [0, 0.1) is 0 Å². The lowest BCUT2D eigenvalue weighted by atomic mass is 10.1. The topological polar surface area (TPSA) is 29.0 Å². The molecule has 1 aromatic carbocycles. The van der Waals surface area contributed by atoms with Gasteiger partial charge in [-0.2, -0.15) is 0 Å². The third kappa shape index (κ3) is 2.89. The Kier molecular flexibility index (Phi) is 3.88. The molecule has 0 radical (unpaired) electrons. The molecule has 4 rings (SSSR count). The van der Waals surface area contributed by atoms with E-state index in [1.54, 1.807) is 0 Å². The van der Waals surface area contributed by atoms with Crippen molar-refractivity contribution in [2.75, 3.05) is 18.0 Å². The number of halogens is 1. The van der Waals surface area contributed by atoms with Crippen molar-refractivity contribution in [3.05, 3.63) is 53.7 Å². The molecule has 0 saturated carbocycles. The van der Waals surface area contributed by atoms with Crippen molar-refractivity contribution < 1.29 is 0 Å². The number of fused-ring (bicyclic) bond motifs is 1. The van der Waals surface area contributed by atoms with Gasteiger partial charge in [0.25, 0.3) is 0 Å². The van der Waals surface area contributed by atoms with Crippen LogP contribution in [0.15, 0.2) is 48.7 Å². The molecule has 0 N–H and O–H groups in total. The first-order valence-electron chi connectivity index (χ1n) is 8.08. The van der Waals surface area contributed by atoms with Gasteiger partial charge in [-0.25, -0.2) is 4.98 Å². The van der Waals surface area contributed by atoms with Gasteiger partial charge in [0.1, 0.15) is 0 Å². The molecule has 0 aliphatic carbocycles. The Balaban J connectivity index is 1.91. The van der Waals surface area contributed by atoms with Crippen molar-refractivity contribution in [1.29, 1.82) is 0 Å². The smallest absolute Gasteiger partial charge is 0.0914 e. The molecule has 0 spiro atoms. The second-order valence-corrected chi connectivity index (χ2v) is 6.39. The normalized spacial score (nSPS) is 15.1. The minimum Gasteiger partial charge on any atom is -0.371 e. The lowest BCUT2D eigenvalue weighted by Crippen LogP contribution is -2.29. The molecular formula is C19H18ClN3. The molecule has 0 unspecified atom stereocenters. The summed E-state index contributed by atoms with van der Waals surface area (Å²) in [6, 6.07) is 14.0. The minimum atomic E-state index is 0.753.